The van der Waals surface area contributed by atoms with Gasteiger partial charge in [-0.1, -0.05) is 26.7 Å². The summed E-state index contributed by atoms with van der Waals surface area (Å²) in [6, 6.07) is 11.2. The highest BCUT2D eigenvalue weighted by molar-refractivity contribution is 7.89. The molecule has 230 valence electrons. The fraction of sp³-hybridized carbons (Fsp3) is 0.517. The average Bonchev–Trinajstić information content (AvgIpc) is 3.41. The Hall–Kier alpha value is -2.84. The molecule has 0 unspecified atom stereocenters. The Labute approximate surface area is 247 Å². The number of piperidine rings is 1. The van der Waals surface area contributed by atoms with E-state index in [4.69, 9.17) is 14.2 Å². The van der Waals surface area contributed by atoms with Crippen LogP contribution in [0.1, 0.15) is 73.1 Å². The summed E-state index contributed by atoms with van der Waals surface area (Å²) in [5.74, 6) is -1.02. The van der Waals surface area contributed by atoms with Crippen molar-refractivity contribution in [2.45, 2.75) is 67.9 Å². The van der Waals surface area contributed by atoms with Crippen molar-refractivity contribution in [3.8, 4) is 0 Å². The summed E-state index contributed by atoms with van der Waals surface area (Å²) in [6.07, 6.45) is 3.57. The third kappa shape index (κ3) is 6.86. The maximum Gasteiger partial charge on any atom is 0.338 e. The fourth-order valence-corrected chi connectivity index (χ4v) is 8.15. The first-order valence-corrected chi connectivity index (χ1v) is 17.1. The van der Waals surface area contributed by atoms with Crippen molar-refractivity contribution in [2.24, 2.45) is 0 Å². The molecule has 0 aliphatic carbocycles. The topological polar surface area (TPSA) is 137 Å². The summed E-state index contributed by atoms with van der Waals surface area (Å²) in [7, 11) is -7.88. The molecule has 0 atom stereocenters. The summed E-state index contributed by atoms with van der Waals surface area (Å²) >= 11 is 0. The Morgan fingerprint density at radius 3 is 1.64 bits per heavy atom. The number of nitrogens with zero attached hydrogens (tertiary/aromatic N) is 2. The molecular weight excluding hydrogens is 584 g/mol. The SMILES string of the molecule is CCCCOC(=O)c1ccc(S(=O)(=O)N2CCC3(CC2)OCCN3S(=O)(=O)c2ccc(C(=O)OCCCC)cc2)cc1. The van der Waals surface area contributed by atoms with Crippen LogP contribution in [0.4, 0.5) is 0 Å². The van der Waals surface area contributed by atoms with E-state index in [0.717, 1.165) is 25.7 Å². The molecule has 0 saturated carbocycles. The zero-order valence-electron chi connectivity index (χ0n) is 24.0. The van der Waals surface area contributed by atoms with E-state index >= 15 is 0 Å². The van der Waals surface area contributed by atoms with E-state index in [0.29, 0.717) is 13.2 Å². The van der Waals surface area contributed by atoms with Crippen LogP contribution in [0.2, 0.25) is 0 Å². The summed E-state index contributed by atoms with van der Waals surface area (Å²) < 4.78 is 72.9. The van der Waals surface area contributed by atoms with Crippen LogP contribution in [0.5, 0.6) is 0 Å². The van der Waals surface area contributed by atoms with Gasteiger partial charge in [0.25, 0.3) is 0 Å². The third-order valence-electron chi connectivity index (χ3n) is 7.49. The normalized spacial score (nSPS) is 17.8. The largest absolute Gasteiger partial charge is 0.462 e. The second-order valence-electron chi connectivity index (χ2n) is 10.3. The van der Waals surface area contributed by atoms with Gasteiger partial charge in [0.15, 0.2) is 0 Å². The molecule has 11 nitrogen and oxygen atoms in total. The highest BCUT2D eigenvalue weighted by atomic mass is 32.2. The molecule has 2 saturated heterocycles. The number of benzene rings is 2. The second-order valence-corrected chi connectivity index (χ2v) is 14.1. The maximum atomic E-state index is 13.6. The van der Waals surface area contributed by atoms with E-state index in [9.17, 15) is 26.4 Å². The number of sulfonamides is 2. The van der Waals surface area contributed by atoms with Gasteiger partial charge >= 0.3 is 11.9 Å². The lowest BCUT2D eigenvalue weighted by atomic mass is 10.0. The molecule has 42 heavy (non-hydrogen) atoms. The van der Waals surface area contributed by atoms with Crippen LogP contribution in [0.25, 0.3) is 0 Å². The van der Waals surface area contributed by atoms with E-state index < -0.39 is 37.7 Å². The monoisotopic (exact) mass is 622 g/mol. The van der Waals surface area contributed by atoms with Crippen molar-refractivity contribution in [1.29, 1.82) is 0 Å². The first kappa shape index (κ1) is 32.1. The lowest BCUT2D eigenvalue weighted by Gasteiger charge is -2.42. The molecule has 2 fully saturated rings. The molecule has 2 aliphatic heterocycles. The van der Waals surface area contributed by atoms with Crippen LogP contribution in [-0.2, 0) is 34.3 Å². The molecule has 2 aromatic carbocycles. The molecule has 0 N–H and O–H groups in total. The maximum absolute atomic E-state index is 13.6. The Bertz CT molecular complexity index is 1450. The summed E-state index contributed by atoms with van der Waals surface area (Å²) in [5.41, 5.74) is -0.643. The molecule has 0 radical (unpaired) electrons. The average molecular weight is 623 g/mol. The minimum absolute atomic E-state index is 0.0147. The summed E-state index contributed by atoms with van der Waals surface area (Å²) in [4.78, 5) is 24.4. The third-order valence-corrected chi connectivity index (χ3v) is 11.4. The summed E-state index contributed by atoms with van der Waals surface area (Å²) in [5, 5.41) is 0. The Morgan fingerprint density at radius 1 is 0.738 bits per heavy atom. The van der Waals surface area contributed by atoms with Crippen molar-refractivity contribution in [3.05, 3.63) is 59.7 Å². The minimum atomic E-state index is -3.99. The van der Waals surface area contributed by atoms with Crippen LogP contribution in [0, 0.1) is 0 Å². The molecule has 1 spiro atoms. The number of hydrogen-bond acceptors (Lipinski definition) is 9. The predicted octanol–water partition coefficient (Wildman–Crippen LogP) is 3.80. The van der Waals surface area contributed by atoms with E-state index in [-0.39, 0.29) is 60.0 Å². The van der Waals surface area contributed by atoms with E-state index in [1.807, 2.05) is 13.8 Å². The van der Waals surface area contributed by atoms with Crippen LogP contribution < -0.4 is 0 Å². The number of carbonyl (C=O) groups is 2. The molecular formula is C29H38N2O9S2. The van der Waals surface area contributed by atoms with Crippen molar-refractivity contribution in [3.63, 3.8) is 0 Å². The van der Waals surface area contributed by atoms with Crippen molar-refractivity contribution in [2.75, 3.05) is 39.5 Å². The van der Waals surface area contributed by atoms with Crippen LogP contribution in [-0.4, -0.2) is 82.6 Å². The van der Waals surface area contributed by atoms with E-state index in [1.165, 1.54) is 57.1 Å². The molecule has 2 aliphatic rings. The second kappa shape index (κ2) is 13.6. The molecule has 13 heteroatoms. The van der Waals surface area contributed by atoms with Gasteiger partial charge in [-0.25, -0.2) is 26.4 Å². The number of esters is 2. The van der Waals surface area contributed by atoms with Gasteiger partial charge in [-0.05, 0) is 61.4 Å². The number of ether oxygens (including phenoxy) is 3. The Kier molecular flexibility index (Phi) is 10.4. The standard InChI is InChI=1S/C29H38N2O9S2/c1-3-5-20-38-27(32)23-7-11-25(12-8-23)41(34,35)30-17-15-29(16-18-30)31(19-22-40-29)42(36,37)26-13-9-24(10-14-26)28(33)39-21-6-4-2/h7-14H,3-6,15-22H2,1-2H3. The van der Waals surface area contributed by atoms with Crippen molar-refractivity contribution < 1.29 is 40.6 Å². The lowest BCUT2D eigenvalue weighted by Crippen LogP contribution is -2.55. The quantitative estimate of drug-likeness (QED) is 0.256. The van der Waals surface area contributed by atoms with Gasteiger partial charge in [0.2, 0.25) is 20.0 Å². The number of rotatable bonds is 12. The number of carbonyl (C=O) groups excluding carboxylic acids is 2. The highest BCUT2D eigenvalue weighted by Gasteiger charge is 2.51. The lowest BCUT2D eigenvalue weighted by molar-refractivity contribution is -0.0806. The van der Waals surface area contributed by atoms with Gasteiger partial charge in [0, 0.05) is 32.5 Å². The van der Waals surface area contributed by atoms with Gasteiger partial charge in [-0.2, -0.15) is 8.61 Å². The molecule has 0 amide bonds. The Balaban J connectivity index is 1.42. The predicted molar refractivity (Wildman–Crippen MR) is 154 cm³/mol. The van der Waals surface area contributed by atoms with Gasteiger partial charge in [-0.15, -0.1) is 0 Å². The molecule has 0 bridgehead atoms. The van der Waals surface area contributed by atoms with Crippen molar-refractivity contribution in [1.82, 2.24) is 8.61 Å². The van der Waals surface area contributed by atoms with Gasteiger partial charge in [-0.3, -0.25) is 0 Å². The molecule has 0 aromatic heterocycles. The molecule has 4 rings (SSSR count). The van der Waals surface area contributed by atoms with Crippen molar-refractivity contribution >= 4 is 32.0 Å². The zero-order chi connectivity index (χ0) is 30.4. The smallest absolute Gasteiger partial charge is 0.338 e. The van der Waals surface area contributed by atoms with Crippen LogP contribution in [0.3, 0.4) is 0 Å². The number of unbranched alkanes of at least 4 members (excludes halogenated alkanes) is 2. The number of hydrogen-bond donors (Lipinski definition) is 0. The van der Waals surface area contributed by atoms with Gasteiger partial charge < -0.3 is 14.2 Å². The van der Waals surface area contributed by atoms with Gasteiger partial charge in [0.1, 0.15) is 5.72 Å². The fourth-order valence-electron chi connectivity index (χ4n) is 4.99. The van der Waals surface area contributed by atoms with Crippen LogP contribution >= 0.6 is 0 Å². The first-order valence-electron chi connectivity index (χ1n) is 14.3. The van der Waals surface area contributed by atoms with Crippen LogP contribution in [0.15, 0.2) is 58.3 Å². The minimum Gasteiger partial charge on any atom is -0.462 e. The van der Waals surface area contributed by atoms with Gasteiger partial charge in [0.05, 0.1) is 40.7 Å². The summed E-state index contributed by atoms with van der Waals surface area (Å²) in [6.45, 7) is 5.00. The molecule has 2 heterocycles. The zero-order valence-corrected chi connectivity index (χ0v) is 25.6. The highest BCUT2D eigenvalue weighted by Crippen LogP contribution is 2.39. The van der Waals surface area contributed by atoms with E-state index in [1.54, 1.807) is 0 Å². The van der Waals surface area contributed by atoms with E-state index in [2.05, 4.69) is 0 Å². The molecule has 2 aromatic rings. The Morgan fingerprint density at radius 2 is 1.19 bits per heavy atom. The first-order chi connectivity index (χ1) is 20.0.